The van der Waals surface area contributed by atoms with Gasteiger partial charge in [0.1, 0.15) is 0 Å². The highest BCUT2D eigenvalue weighted by Crippen LogP contribution is 2.26. The number of carbonyl (C=O) groups excluding carboxylic acids is 2. The number of primary amides is 1. The molecule has 26 heavy (non-hydrogen) atoms. The molecular weight excluding hydrogens is 346 g/mol. The lowest BCUT2D eigenvalue weighted by atomic mass is 10.1. The van der Waals surface area contributed by atoms with Gasteiger partial charge < -0.3 is 11.1 Å². The van der Waals surface area contributed by atoms with Crippen LogP contribution < -0.4 is 11.1 Å². The molecule has 0 aliphatic rings. The zero-order valence-electron chi connectivity index (χ0n) is 13.9. The molecule has 1 aromatic heterocycles. The Morgan fingerprint density at radius 3 is 2.73 bits per heavy atom. The predicted molar refractivity (Wildman–Crippen MR) is 106 cm³/mol. The number of rotatable bonds is 6. The molecule has 0 atom stereocenters. The van der Waals surface area contributed by atoms with Gasteiger partial charge in [0, 0.05) is 28.1 Å². The van der Waals surface area contributed by atoms with Gasteiger partial charge in [-0.3, -0.25) is 14.6 Å². The van der Waals surface area contributed by atoms with Crippen LogP contribution in [0.1, 0.15) is 5.56 Å². The normalized spacial score (nSPS) is 10.9. The molecule has 0 radical (unpaired) electrons. The zero-order chi connectivity index (χ0) is 18.4. The van der Waals surface area contributed by atoms with Crippen molar-refractivity contribution in [2.45, 2.75) is 4.90 Å². The third-order valence-electron chi connectivity index (χ3n) is 3.59. The van der Waals surface area contributed by atoms with Gasteiger partial charge in [-0.15, -0.1) is 11.8 Å². The summed E-state index contributed by atoms with van der Waals surface area (Å²) in [6.45, 7) is 0. The molecule has 3 N–H and O–H groups in total. The first-order valence-electron chi connectivity index (χ1n) is 7.96. The largest absolute Gasteiger partial charge is 0.369 e. The molecule has 130 valence electrons. The second kappa shape index (κ2) is 8.31. The first-order valence-corrected chi connectivity index (χ1v) is 8.95. The van der Waals surface area contributed by atoms with Gasteiger partial charge in [-0.2, -0.15) is 0 Å². The molecule has 6 heteroatoms. The third kappa shape index (κ3) is 4.49. The maximum atomic E-state index is 12.3. The number of nitrogens with zero attached hydrogens (tertiary/aromatic N) is 1. The van der Waals surface area contributed by atoms with Gasteiger partial charge in [-0.05, 0) is 24.3 Å². The molecule has 0 fully saturated rings. The molecule has 3 aromatic rings. The number of hydrogen-bond donors (Lipinski definition) is 2. The summed E-state index contributed by atoms with van der Waals surface area (Å²) in [6, 6.07) is 17.0. The van der Waals surface area contributed by atoms with Crippen molar-refractivity contribution in [1.29, 1.82) is 0 Å². The summed E-state index contributed by atoms with van der Waals surface area (Å²) < 4.78 is 0. The van der Waals surface area contributed by atoms with E-state index in [0.29, 0.717) is 5.69 Å². The fourth-order valence-corrected chi connectivity index (χ4v) is 3.19. The number of para-hydroxylation sites is 2. The van der Waals surface area contributed by atoms with Crippen molar-refractivity contribution >= 4 is 46.2 Å². The van der Waals surface area contributed by atoms with E-state index in [2.05, 4.69) is 10.3 Å². The van der Waals surface area contributed by atoms with Crippen molar-refractivity contribution in [3.05, 3.63) is 72.4 Å². The van der Waals surface area contributed by atoms with Gasteiger partial charge in [0.25, 0.3) is 0 Å². The number of fused-ring (bicyclic) bond motifs is 1. The summed E-state index contributed by atoms with van der Waals surface area (Å²) in [7, 11) is 0. The van der Waals surface area contributed by atoms with E-state index in [1.807, 2.05) is 48.5 Å². The number of pyridine rings is 1. The van der Waals surface area contributed by atoms with Crippen LogP contribution in [0.5, 0.6) is 0 Å². The van der Waals surface area contributed by atoms with Crippen molar-refractivity contribution in [3.8, 4) is 0 Å². The lowest BCUT2D eigenvalue weighted by molar-refractivity contribution is -0.115. The van der Waals surface area contributed by atoms with E-state index in [4.69, 9.17) is 5.73 Å². The summed E-state index contributed by atoms with van der Waals surface area (Å²) in [6.07, 6.45) is 4.94. The first-order chi connectivity index (χ1) is 12.6. The molecule has 0 saturated heterocycles. The lowest BCUT2D eigenvalue weighted by Crippen LogP contribution is -2.13. The quantitative estimate of drug-likeness (QED) is 0.519. The van der Waals surface area contributed by atoms with Gasteiger partial charge in [0.15, 0.2) is 0 Å². The second-order valence-electron chi connectivity index (χ2n) is 5.50. The standard InChI is InChI=1S/C20H17N3O2S/c21-18(24)13-26-17-9-2-1-8-16(17)23-19(25)11-10-15-6-3-5-14-7-4-12-22-20(14)15/h1-12H,13H2,(H2,21,24)(H,23,25)/b11-10+. The van der Waals surface area contributed by atoms with E-state index >= 15 is 0 Å². The Labute approximate surface area is 155 Å². The average molecular weight is 363 g/mol. The van der Waals surface area contributed by atoms with Crippen molar-refractivity contribution < 1.29 is 9.59 Å². The van der Waals surface area contributed by atoms with Crippen LogP contribution in [0.3, 0.4) is 0 Å². The van der Waals surface area contributed by atoms with E-state index in [9.17, 15) is 9.59 Å². The van der Waals surface area contributed by atoms with Crippen LogP contribution in [0.4, 0.5) is 5.69 Å². The summed E-state index contributed by atoms with van der Waals surface area (Å²) in [5.74, 6) is -0.505. The minimum Gasteiger partial charge on any atom is -0.369 e. The summed E-state index contributed by atoms with van der Waals surface area (Å²) in [5, 5.41) is 3.85. The van der Waals surface area contributed by atoms with Crippen LogP contribution >= 0.6 is 11.8 Å². The van der Waals surface area contributed by atoms with Crippen molar-refractivity contribution in [1.82, 2.24) is 4.98 Å². The van der Waals surface area contributed by atoms with E-state index in [1.54, 1.807) is 18.3 Å². The van der Waals surface area contributed by atoms with Crippen LogP contribution in [0, 0.1) is 0 Å². The maximum Gasteiger partial charge on any atom is 0.248 e. The second-order valence-corrected chi connectivity index (χ2v) is 6.51. The van der Waals surface area contributed by atoms with Crippen LogP contribution in [-0.2, 0) is 9.59 Å². The highest BCUT2D eigenvalue weighted by atomic mass is 32.2. The van der Waals surface area contributed by atoms with E-state index < -0.39 is 5.91 Å². The molecule has 0 unspecified atom stereocenters. The maximum absolute atomic E-state index is 12.3. The highest BCUT2D eigenvalue weighted by molar-refractivity contribution is 8.00. The lowest BCUT2D eigenvalue weighted by Gasteiger charge is -2.08. The first kappa shape index (κ1) is 17.7. The van der Waals surface area contributed by atoms with Crippen molar-refractivity contribution in [2.24, 2.45) is 5.73 Å². The minimum atomic E-state index is -0.403. The fraction of sp³-hybridized carbons (Fsp3) is 0.0500. The molecule has 2 amide bonds. The Kier molecular flexibility index (Phi) is 5.66. The van der Waals surface area contributed by atoms with Gasteiger partial charge in [0.2, 0.25) is 11.8 Å². The molecule has 3 rings (SSSR count). The minimum absolute atomic E-state index is 0.157. The van der Waals surface area contributed by atoms with Crippen LogP contribution in [0.2, 0.25) is 0 Å². The van der Waals surface area contributed by atoms with E-state index in [0.717, 1.165) is 21.4 Å². The number of anilines is 1. The number of thioether (sulfide) groups is 1. The molecule has 5 nitrogen and oxygen atoms in total. The van der Waals surface area contributed by atoms with Gasteiger partial charge in [-0.25, -0.2) is 0 Å². The average Bonchev–Trinajstić information content (AvgIpc) is 2.65. The topological polar surface area (TPSA) is 85.1 Å². The Bertz CT molecular complexity index is 980. The Hall–Kier alpha value is -3.12. The number of aromatic nitrogens is 1. The number of carbonyl (C=O) groups is 2. The molecule has 0 aliphatic heterocycles. The Balaban J connectivity index is 1.75. The van der Waals surface area contributed by atoms with Gasteiger partial charge >= 0.3 is 0 Å². The molecular formula is C20H17N3O2S. The summed E-state index contributed by atoms with van der Waals surface area (Å²) >= 11 is 1.29. The Morgan fingerprint density at radius 2 is 1.88 bits per heavy atom. The smallest absolute Gasteiger partial charge is 0.248 e. The molecule has 0 saturated carbocycles. The Morgan fingerprint density at radius 1 is 1.08 bits per heavy atom. The summed E-state index contributed by atoms with van der Waals surface area (Å²) in [5.41, 5.74) is 7.54. The van der Waals surface area contributed by atoms with Gasteiger partial charge in [0.05, 0.1) is 17.0 Å². The van der Waals surface area contributed by atoms with Gasteiger partial charge in [-0.1, -0.05) is 36.4 Å². The number of benzene rings is 2. The molecule has 1 heterocycles. The number of nitrogens with one attached hydrogen (secondary N) is 1. The highest BCUT2D eigenvalue weighted by Gasteiger charge is 2.07. The number of hydrogen-bond acceptors (Lipinski definition) is 4. The third-order valence-corrected chi connectivity index (χ3v) is 4.69. The van der Waals surface area contributed by atoms with Crippen LogP contribution in [-0.4, -0.2) is 22.6 Å². The molecule has 0 bridgehead atoms. The van der Waals surface area contributed by atoms with Crippen LogP contribution in [0.25, 0.3) is 17.0 Å². The predicted octanol–water partition coefficient (Wildman–Crippen LogP) is 3.46. The van der Waals surface area contributed by atoms with Crippen molar-refractivity contribution in [3.63, 3.8) is 0 Å². The van der Waals surface area contributed by atoms with E-state index in [-0.39, 0.29) is 11.7 Å². The zero-order valence-corrected chi connectivity index (χ0v) is 14.7. The monoisotopic (exact) mass is 363 g/mol. The molecule has 0 aliphatic carbocycles. The number of nitrogens with two attached hydrogens (primary N) is 1. The van der Waals surface area contributed by atoms with E-state index in [1.165, 1.54) is 17.8 Å². The fourth-order valence-electron chi connectivity index (χ4n) is 2.45. The summed E-state index contributed by atoms with van der Waals surface area (Å²) in [4.78, 5) is 28.4. The van der Waals surface area contributed by atoms with Crippen LogP contribution in [0.15, 0.2) is 71.8 Å². The SMILES string of the molecule is NC(=O)CSc1ccccc1NC(=O)/C=C/c1cccc2cccnc12. The molecule has 2 aromatic carbocycles. The molecule has 0 spiro atoms. The van der Waals surface area contributed by atoms with Crippen molar-refractivity contribution in [2.75, 3.05) is 11.1 Å². The number of amides is 2.